The highest BCUT2D eigenvalue weighted by Gasteiger charge is 2.18. The number of hydrogen-bond acceptors (Lipinski definition) is 6. The molecule has 0 amide bonds. The van der Waals surface area contributed by atoms with Crippen LogP contribution >= 0.6 is 11.6 Å². The maximum atomic E-state index is 12.1. The van der Waals surface area contributed by atoms with Crippen molar-refractivity contribution in [3.05, 3.63) is 17.3 Å². The summed E-state index contributed by atoms with van der Waals surface area (Å²) in [5.41, 5.74) is 5.57. The number of pyridine rings is 1. The van der Waals surface area contributed by atoms with Crippen molar-refractivity contribution in [2.24, 2.45) is 0 Å². The van der Waals surface area contributed by atoms with E-state index in [4.69, 9.17) is 26.8 Å². The molecule has 1 fully saturated rings. The number of nitrogens with one attached hydrogen (secondary N) is 1. The number of nitrogens with zero attached hydrogens (tertiary/aromatic N) is 1. The zero-order chi connectivity index (χ0) is 16.0. The Morgan fingerprint density at radius 3 is 3.09 bits per heavy atom. The summed E-state index contributed by atoms with van der Waals surface area (Å²) in [6.45, 7) is 2.06. The van der Waals surface area contributed by atoms with E-state index in [2.05, 4.69) is 9.71 Å². The van der Waals surface area contributed by atoms with E-state index in [0.29, 0.717) is 19.6 Å². The van der Waals surface area contributed by atoms with Crippen LogP contribution in [0.4, 0.5) is 5.82 Å². The maximum absolute atomic E-state index is 12.1. The molecule has 0 aromatic carbocycles. The Morgan fingerprint density at radius 1 is 1.55 bits per heavy atom. The molecular formula is C13H20ClN3O4S. The molecule has 2 rings (SSSR count). The van der Waals surface area contributed by atoms with E-state index < -0.39 is 10.0 Å². The van der Waals surface area contributed by atoms with Crippen LogP contribution in [-0.4, -0.2) is 45.9 Å². The van der Waals surface area contributed by atoms with E-state index in [1.54, 1.807) is 0 Å². The fourth-order valence-electron chi connectivity index (χ4n) is 2.10. The Kier molecular flexibility index (Phi) is 6.39. The Balaban J connectivity index is 1.72. The average molecular weight is 350 g/mol. The Morgan fingerprint density at radius 2 is 2.36 bits per heavy atom. The topological polar surface area (TPSA) is 104 Å². The van der Waals surface area contributed by atoms with Gasteiger partial charge in [0.15, 0.2) is 0 Å². The molecule has 9 heteroatoms. The number of halogens is 1. The van der Waals surface area contributed by atoms with Crippen molar-refractivity contribution in [2.75, 3.05) is 32.1 Å². The number of ether oxygens (including phenoxy) is 2. The number of nitrogen functional groups attached to an aromatic ring is 1. The first-order valence-corrected chi connectivity index (χ1v) is 8.95. The normalized spacial score (nSPS) is 18.7. The molecule has 0 saturated carbocycles. The molecule has 7 nitrogen and oxygen atoms in total. The van der Waals surface area contributed by atoms with Gasteiger partial charge in [-0.25, -0.2) is 18.1 Å². The summed E-state index contributed by atoms with van der Waals surface area (Å²) in [4.78, 5) is 3.62. The molecule has 124 valence electrons. The number of rotatable bonds is 8. The van der Waals surface area contributed by atoms with Crippen molar-refractivity contribution >= 4 is 27.4 Å². The van der Waals surface area contributed by atoms with Crippen LogP contribution in [0.25, 0.3) is 0 Å². The quantitative estimate of drug-likeness (QED) is 0.683. The van der Waals surface area contributed by atoms with E-state index in [1.165, 1.54) is 12.3 Å². The SMILES string of the molecule is Nc1ncc(Cl)cc1S(=O)(=O)NCCCOC[C@H]1CCCO1. The second kappa shape index (κ2) is 8.07. The molecule has 3 N–H and O–H groups in total. The van der Waals surface area contributed by atoms with Gasteiger partial charge < -0.3 is 15.2 Å². The van der Waals surface area contributed by atoms with Crippen molar-refractivity contribution in [3.8, 4) is 0 Å². The average Bonchev–Trinajstić information content (AvgIpc) is 2.98. The Labute approximate surface area is 135 Å². The van der Waals surface area contributed by atoms with Crippen molar-refractivity contribution in [2.45, 2.75) is 30.3 Å². The second-order valence-corrected chi connectivity index (χ2v) is 7.17. The minimum Gasteiger partial charge on any atom is -0.383 e. The number of anilines is 1. The summed E-state index contributed by atoms with van der Waals surface area (Å²) in [6.07, 6.45) is 4.12. The van der Waals surface area contributed by atoms with Gasteiger partial charge >= 0.3 is 0 Å². The smallest absolute Gasteiger partial charge is 0.244 e. The molecule has 0 bridgehead atoms. The van der Waals surface area contributed by atoms with E-state index in [1.807, 2.05) is 0 Å². The van der Waals surface area contributed by atoms with Gasteiger partial charge in [-0.1, -0.05) is 11.6 Å². The highest BCUT2D eigenvalue weighted by Crippen LogP contribution is 2.19. The van der Waals surface area contributed by atoms with Gasteiger partial charge in [-0.15, -0.1) is 0 Å². The van der Waals surface area contributed by atoms with Crippen LogP contribution in [0, 0.1) is 0 Å². The van der Waals surface area contributed by atoms with Crippen molar-refractivity contribution in [1.82, 2.24) is 9.71 Å². The molecule has 0 aliphatic carbocycles. The molecule has 22 heavy (non-hydrogen) atoms. The summed E-state index contributed by atoms with van der Waals surface area (Å²) in [5, 5.41) is 0.217. The zero-order valence-electron chi connectivity index (χ0n) is 12.1. The summed E-state index contributed by atoms with van der Waals surface area (Å²) >= 11 is 5.75. The fourth-order valence-corrected chi connectivity index (χ4v) is 3.50. The van der Waals surface area contributed by atoms with E-state index in [0.717, 1.165) is 19.4 Å². The van der Waals surface area contributed by atoms with Gasteiger partial charge in [0.1, 0.15) is 10.7 Å². The van der Waals surface area contributed by atoms with Crippen molar-refractivity contribution in [3.63, 3.8) is 0 Å². The first kappa shape index (κ1) is 17.4. The van der Waals surface area contributed by atoms with Crippen LogP contribution < -0.4 is 10.5 Å². The molecule has 1 aliphatic heterocycles. The van der Waals surface area contributed by atoms with Gasteiger partial charge in [0.25, 0.3) is 0 Å². The Hall–Kier alpha value is -0.930. The first-order chi connectivity index (χ1) is 10.5. The number of sulfonamides is 1. The summed E-state index contributed by atoms with van der Waals surface area (Å²) in [5.74, 6) is -0.0773. The van der Waals surface area contributed by atoms with Gasteiger partial charge in [0.05, 0.1) is 17.7 Å². The van der Waals surface area contributed by atoms with Gasteiger partial charge in [-0.2, -0.15) is 0 Å². The molecule has 1 aliphatic rings. The molecule has 1 atom stereocenters. The number of nitrogens with two attached hydrogens (primary N) is 1. The monoisotopic (exact) mass is 349 g/mol. The predicted molar refractivity (Wildman–Crippen MR) is 83.3 cm³/mol. The molecular weight excluding hydrogens is 330 g/mol. The van der Waals surface area contributed by atoms with Crippen LogP contribution in [0.15, 0.2) is 17.2 Å². The summed E-state index contributed by atoms with van der Waals surface area (Å²) < 4.78 is 37.5. The molecule has 0 spiro atoms. The number of aromatic nitrogens is 1. The highest BCUT2D eigenvalue weighted by molar-refractivity contribution is 7.89. The molecule has 1 saturated heterocycles. The maximum Gasteiger partial charge on any atom is 0.244 e. The van der Waals surface area contributed by atoms with Gasteiger partial charge in [-0.05, 0) is 25.3 Å². The largest absolute Gasteiger partial charge is 0.383 e. The fraction of sp³-hybridized carbons (Fsp3) is 0.615. The van der Waals surface area contributed by atoms with E-state index >= 15 is 0 Å². The van der Waals surface area contributed by atoms with Crippen LogP contribution in [0.5, 0.6) is 0 Å². The summed E-state index contributed by atoms with van der Waals surface area (Å²) in [6, 6.07) is 1.28. The highest BCUT2D eigenvalue weighted by atomic mass is 35.5. The predicted octanol–water partition coefficient (Wildman–Crippen LogP) is 1.18. The molecule has 0 radical (unpaired) electrons. The van der Waals surface area contributed by atoms with E-state index in [-0.39, 0.29) is 28.4 Å². The van der Waals surface area contributed by atoms with Gasteiger partial charge in [-0.3, -0.25) is 0 Å². The molecule has 0 unspecified atom stereocenters. The minimum absolute atomic E-state index is 0.0773. The van der Waals surface area contributed by atoms with Gasteiger partial charge in [0.2, 0.25) is 10.0 Å². The lowest BCUT2D eigenvalue weighted by Crippen LogP contribution is -2.27. The van der Waals surface area contributed by atoms with Crippen molar-refractivity contribution < 1.29 is 17.9 Å². The van der Waals surface area contributed by atoms with Gasteiger partial charge in [0, 0.05) is 26.0 Å². The molecule has 1 aromatic heterocycles. The van der Waals surface area contributed by atoms with Crippen LogP contribution in [0.1, 0.15) is 19.3 Å². The lowest BCUT2D eigenvalue weighted by Gasteiger charge is -2.11. The van der Waals surface area contributed by atoms with Crippen LogP contribution in [0.2, 0.25) is 5.02 Å². The first-order valence-electron chi connectivity index (χ1n) is 7.09. The second-order valence-electron chi connectivity index (χ2n) is 5.00. The van der Waals surface area contributed by atoms with Crippen LogP contribution in [0.3, 0.4) is 0 Å². The lowest BCUT2D eigenvalue weighted by molar-refractivity contribution is 0.0169. The lowest BCUT2D eigenvalue weighted by atomic mass is 10.2. The minimum atomic E-state index is -3.72. The Bertz CT molecular complexity index is 591. The van der Waals surface area contributed by atoms with Crippen molar-refractivity contribution in [1.29, 1.82) is 0 Å². The number of hydrogen-bond donors (Lipinski definition) is 2. The van der Waals surface area contributed by atoms with E-state index in [9.17, 15) is 8.42 Å². The molecule has 1 aromatic rings. The zero-order valence-corrected chi connectivity index (χ0v) is 13.7. The summed E-state index contributed by atoms with van der Waals surface area (Å²) in [7, 11) is -3.72. The van der Waals surface area contributed by atoms with Crippen LogP contribution in [-0.2, 0) is 19.5 Å². The third kappa shape index (κ3) is 5.06. The molecule has 2 heterocycles. The third-order valence-electron chi connectivity index (χ3n) is 3.22. The third-order valence-corrected chi connectivity index (χ3v) is 4.92. The standard InChI is InChI=1S/C13H20ClN3O4S/c14-10-7-12(13(15)16-8-10)22(18,19)17-4-2-5-20-9-11-3-1-6-21-11/h7-8,11,17H,1-6,9H2,(H2,15,16)/t11-/m1/s1.